The molecule has 0 radical (unpaired) electrons. The number of nitrogens with one attached hydrogen (secondary N) is 2. The number of benzene rings is 1. The molecule has 0 spiro atoms. The summed E-state index contributed by atoms with van der Waals surface area (Å²) in [7, 11) is -2.05. The van der Waals surface area contributed by atoms with E-state index in [2.05, 4.69) is 15.0 Å². The topological polar surface area (TPSA) is 88.2 Å². The third-order valence-electron chi connectivity index (χ3n) is 4.17. The maximum Gasteiger partial charge on any atom is 0.251 e. The van der Waals surface area contributed by atoms with Crippen LogP contribution in [-0.2, 0) is 29.3 Å². The molecule has 0 fully saturated rings. The van der Waals surface area contributed by atoms with E-state index in [1.54, 1.807) is 11.3 Å². The molecule has 0 saturated heterocycles. The van der Waals surface area contributed by atoms with Crippen LogP contribution < -0.4 is 10.0 Å². The van der Waals surface area contributed by atoms with Crippen molar-refractivity contribution in [2.75, 3.05) is 13.6 Å². The highest BCUT2D eigenvalue weighted by atomic mass is 32.2. The van der Waals surface area contributed by atoms with E-state index in [0.717, 1.165) is 17.8 Å². The Hall–Kier alpha value is -1.77. The van der Waals surface area contributed by atoms with Gasteiger partial charge in [0, 0.05) is 30.5 Å². The van der Waals surface area contributed by atoms with Gasteiger partial charge in [0.2, 0.25) is 10.0 Å². The van der Waals surface area contributed by atoms with Gasteiger partial charge in [0.05, 0.1) is 15.6 Å². The zero-order chi connectivity index (χ0) is 17.9. The predicted molar refractivity (Wildman–Crippen MR) is 97.5 cm³/mol. The van der Waals surface area contributed by atoms with Crippen LogP contribution in [0.3, 0.4) is 0 Å². The first kappa shape index (κ1) is 18.0. The molecule has 3 rings (SSSR count). The average Bonchev–Trinajstić information content (AvgIpc) is 3.03. The Morgan fingerprint density at radius 3 is 2.60 bits per heavy atom. The third-order valence-corrected chi connectivity index (χ3v) is 6.87. The van der Waals surface area contributed by atoms with Gasteiger partial charge < -0.3 is 5.32 Å². The number of aryl methyl sites for hydroxylation is 2. The molecule has 1 heterocycles. The second-order valence-corrected chi connectivity index (χ2v) is 8.87. The summed E-state index contributed by atoms with van der Waals surface area (Å²) in [6.07, 6.45) is 5.13. The largest absolute Gasteiger partial charge is 0.355 e. The summed E-state index contributed by atoms with van der Waals surface area (Å²) >= 11 is 1.70. The molecule has 0 saturated carbocycles. The molecule has 1 aromatic heterocycles. The maximum atomic E-state index is 12.3. The number of thiazole rings is 1. The van der Waals surface area contributed by atoms with Crippen molar-refractivity contribution in [3.8, 4) is 0 Å². The number of carbonyl (C=O) groups excluding carboxylic acids is 1. The average molecular weight is 380 g/mol. The summed E-state index contributed by atoms with van der Waals surface area (Å²) < 4.78 is 27.3. The van der Waals surface area contributed by atoms with Gasteiger partial charge in [0.15, 0.2) is 0 Å². The fourth-order valence-electron chi connectivity index (χ4n) is 2.82. The molecule has 8 heteroatoms. The first-order valence-electron chi connectivity index (χ1n) is 8.29. The minimum absolute atomic E-state index is 0.151. The van der Waals surface area contributed by atoms with Crippen molar-refractivity contribution >= 4 is 27.3 Å². The van der Waals surface area contributed by atoms with Crippen LogP contribution in [0.2, 0.25) is 0 Å². The molecule has 0 bridgehead atoms. The Kier molecular flexibility index (Phi) is 5.51. The molecule has 1 amide bonds. The van der Waals surface area contributed by atoms with Crippen molar-refractivity contribution in [3.05, 3.63) is 45.4 Å². The molecular formula is C17H21N3O3S2. The van der Waals surface area contributed by atoms with Crippen molar-refractivity contribution < 1.29 is 13.2 Å². The minimum Gasteiger partial charge on any atom is -0.355 e. The highest BCUT2D eigenvalue weighted by Gasteiger charge is 2.17. The van der Waals surface area contributed by atoms with Crippen LogP contribution in [0.5, 0.6) is 0 Å². The van der Waals surface area contributed by atoms with Gasteiger partial charge in [-0.25, -0.2) is 18.1 Å². The molecule has 1 aliphatic carbocycles. The second-order valence-electron chi connectivity index (χ2n) is 5.94. The van der Waals surface area contributed by atoms with Gasteiger partial charge in [0.1, 0.15) is 0 Å². The molecular weight excluding hydrogens is 358 g/mol. The third kappa shape index (κ3) is 4.26. The fraction of sp³-hybridized carbons (Fsp3) is 0.412. The predicted octanol–water partition coefficient (Wildman–Crippen LogP) is 1.90. The minimum atomic E-state index is -3.59. The van der Waals surface area contributed by atoms with Crippen molar-refractivity contribution in [2.24, 2.45) is 0 Å². The Morgan fingerprint density at radius 2 is 1.92 bits per heavy atom. The summed E-state index contributed by atoms with van der Waals surface area (Å²) in [5.74, 6) is -0.246. The van der Waals surface area contributed by atoms with Crippen molar-refractivity contribution in [3.63, 3.8) is 0 Å². The summed E-state index contributed by atoms with van der Waals surface area (Å²) in [4.78, 5) is 17.6. The number of hydrogen-bond donors (Lipinski definition) is 2. The quantitative estimate of drug-likeness (QED) is 0.802. The van der Waals surface area contributed by atoms with Crippen LogP contribution in [0.15, 0.2) is 29.2 Å². The van der Waals surface area contributed by atoms with Crippen LogP contribution in [0, 0.1) is 0 Å². The zero-order valence-corrected chi connectivity index (χ0v) is 15.7. The van der Waals surface area contributed by atoms with Crippen molar-refractivity contribution in [2.45, 2.75) is 37.0 Å². The maximum absolute atomic E-state index is 12.3. The Labute approximate surface area is 151 Å². The normalized spacial score (nSPS) is 14.1. The lowest BCUT2D eigenvalue weighted by molar-refractivity contribution is 0.0963. The zero-order valence-electron chi connectivity index (χ0n) is 14.0. The lowest BCUT2D eigenvalue weighted by Crippen LogP contribution is -2.26. The first-order valence-corrected chi connectivity index (χ1v) is 10.6. The molecule has 2 aromatic rings. The number of aromatic nitrogens is 1. The van der Waals surface area contributed by atoms with Crippen LogP contribution in [-0.4, -0.2) is 32.9 Å². The smallest absolute Gasteiger partial charge is 0.251 e. The van der Waals surface area contributed by atoms with E-state index in [0.29, 0.717) is 18.5 Å². The lowest BCUT2D eigenvalue weighted by Gasteiger charge is -2.07. The van der Waals surface area contributed by atoms with E-state index in [-0.39, 0.29) is 10.8 Å². The SMILES string of the molecule is CNC(=O)c1ccc(S(=O)(=O)NCCc2nc3c(s2)CCCC3)cc1. The van der Waals surface area contributed by atoms with Gasteiger partial charge in [-0.3, -0.25) is 4.79 Å². The highest BCUT2D eigenvalue weighted by molar-refractivity contribution is 7.89. The summed E-state index contributed by atoms with van der Waals surface area (Å²) in [5.41, 5.74) is 1.62. The van der Waals surface area contributed by atoms with E-state index >= 15 is 0 Å². The van der Waals surface area contributed by atoms with E-state index in [1.807, 2.05) is 0 Å². The molecule has 0 atom stereocenters. The molecule has 1 aromatic carbocycles. The van der Waals surface area contributed by atoms with Gasteiger partial charge in [-0.05, 0) is 49.9 Å². The second kappa shape index (κ2) is 7.63. The van der Waals surface area contributed by atoms with E-state index in [9.17, 15) is 13.2 Å². The molecule has 134 valence electrons. The van der Waals surface area contributed by atoms with Gasteiger partial charge in [-0.15, -0.1) is 11.3 Å². The summed E-state index contributed by atoms with van der Waals surface area (Å²) in [6.45, 7) is 0.311. The lowest BCUT2D eigenvalue weighted by atomic mass is 10.0. The molecule has 25 heavy (non-hydrogen) atoms. The fourth-order valence-corrected chi connectivity index (χ4v) is 5.01. The van der Waals surface area contributed by atoms with E-state index in [1.165, 1.54) is 54.7 Å². The van der Waals surface area contributed by atoms with E-state index < -0.39 is 10.0 Å². The van der Waals surface area contributed by atoms with E-state index in [4.69, 9.17) is 0 Å². The summed E-state index contributed by atoms with van der Waals surface area (Å²) in [6, 6.07) is 5.88. The van der Waals surface area contributed by atoms with Crippen LogP contribution in [0.4, 0.5) is 0 Å². The highest BCUT2D eigenvalue weighted by Crippen LogP contribution is 2.26. The molecule has 6 nitrogen and oxygen atoms in total. The van der Waals surface area contributed by atoms with Crippen LogP contribution >= 0.6 is 11.3 Å². The van der Waals surface area contributed by atoms with Gasteiger partial charge in [0.25, 0.3) is 5.91 Å². The Bertz CT molecular complexity index is 834. The number of nitrogens with zero attached hydrogens (tertiary/aromatic N) is 1. The standard InChI is InChI=1S/C17H21N3O3S2/c1-18-17(21)12-6-8-13(9-7-12)25(22,23)19-11-10-16-20-14-4-2-3-5-15(14)24-16/h6-9,19H,2-5,10-11H2,1H3,(H,18,21). The molecule has 2 N–H and O–H groups in total. The van der Waals surface area contributed by atoms with Crippen LogP contribution in [0.1, 0.15) is 38.8 Å². The number of rotatable bonds is 6. The first-order chi connectivity index (χ1) is 12.0. The Balaban J connectivity index is 1.60. The summed E-state index contributed by atoms with van der Waals surface area (Å²) in [5, 5.41) is 3.49. The number of amides is 1. The number of sulfonamides is 1. The number of fused-ring (bicyclic) bond motifs is 1. The number of hydrogen-bond acceptors (Lipinski definition) is 5. The number of carbonyl (C=O) groups is 1. The van der Waals surface area contributed by atoms with Crippen LogP contribution in [0.25, 0.3) is 0 Å². The van der Waals surface area contributed by atoms with Gasteiger partial charge >= 0.3 is 0 Å². The van der Waals surface area contributed by atoms with Gasteiger partial charge in [-0.1, -0.05) is 0 Å². The Morgan fingerprint density at radius 1 is 1.20 bits per heavy atom. The molecule has 0 aliphatic heterocycles. The monoisotopic (exact) mass is 379 g/mol. The van der Waals surface area contributed by atoms with Crippen molar-refractivity contribution in [1.29, 1.82) is 0 Å². The van der Waals surface area contributed by atoms with Crippen molar-refractivity contribution in [1.82, 2.24) is 15.0 Å². The van der Waals surface area contributed by atoms with Gasteiger partial charge in [-0.2, -0.15) is 0 Å². The molecule has 0 unspecified atom stereocenters. The molecule has 1 aliphatic rings.